The van der Waals surface area contributed by atoms with Crippen LogP contribution in [0, 0.1) is 0 Å². The molecule has 3 rings (SSSR count). The van der Waals surface area contributed by atoms with Crippen LogP contribution in [-0.4, -0.2) is 80.2 Å². The number of benzene rings is 1. The molecule has 2 aliphatic heterocycles. The second kappa shape index (κ2) is 13.9. The van der Waals surface area contributed by atoms with Gasteiger partial charge in [-0.1, -0.05) is 19.1 Å². The number of hydrogen-bond donors (Lipinski definition) is 3. The summed E-state index contributed by atoms with van der Waals surface area (Å²) in [6.07, 6.45) is 2.94. The lowest BCUT2D eigenvalue weighted by molar-refractivity contribution is -0.116. The van der Waals surface area contributed by atoms with Crippen molar-refractivity contribution in [1.29, 1.82) is 0 Å². The predicted octanol–water partition coefficient (Wildman–Crippen LogP) is 1.85. The summed E-state index contributed by atoms with van der Waals surface area (Å²) >= 11 is 0. The molecule has 2 aliphatic rings. The standard InChI is InChI=1S/C22H36N6O2.HI/c1-2-28-9-4-7-20(28)17-25-22(23)24-16-18-5-3-6-19(15-18)26-21(29)8-10-27-11-13-30-14-12-27;/h3,5-6,15,20H,2,4,7-14,16-17H2,1H3,(H,26,29)(H3,23,24,25);1H. The minimum Gasteiger partial charge on any atom is -0.379 e. The molecule has 1 amide bonds. The zero-order chi connectivity index (χ0) is 21.2. The van der Waals surface area contributed by atoms with Crippen molar-refractivity contribution in [1.82, 2.24) is 15.1 Å². The van der Waals surface area contributed by atoms with Gasteiger partial charge in [-0.15, -0.1) is 24.0 Å². The average molecular weight is 544 g/mol. The fourth-order valence-corrected chi connectivity index (χ4v) is 4.05. The molecule has 9 heteroatoms. The number of carbonyl (C=O) groups is 1. The second-order valence-corrected chi connectivity index (χ2v) is 7.96. The molecular weight excluding hydrogens is 507 g/mol. The molecule has 1 aromatic carbocycles. The van der Waals surface area contributed by atoms with E-state index in [1.807, 2.05) is 24.3 Å². The molecule has 31 heavy (non-hydrogen) atoms. The van der Waals surface area contributed by atoms with Gasteiger partial charge in [-0.25, -0.2) is 4.99 Å². The molecule has 1 aromatic rings. The Hall–Kier alpha value is -1.43. The number of likely N-dealkylation sites (tertiary alicyclic amines) is 1. The topological polar surface area (TPSA) is 95.2 Å². The third-order valence-electron chi connectivity index (χ3n) is 5.83. The SMILES string of the molecule is CCN1CCCC1CNC(N)=NCc1cccc(NC(=O)CCN2CCOCC2)c1.I. The molecule has 2 heterocycles. The van der Waals surface area contributed by atoms with Crippen LogP contribution in [0.1, 0.15) is 31.7 Å². The third-order valence-corrected chi connectivity index (χ3v) is 5.83. The van der Waals surface area contributed by atoms with Gasteiger partial charge in [0.15, 0.2) is 5.96 Å². The van der Waals surface area contributed by atoms with Crippen molar-refractivity contribution in [3.05, 3.63) is 29.8 Å². The number of nitrogens with zero attached hydrogens (tertiary/aromatic N) is 3. The highest BCUT2D eigenvalue weighted by Crippen LogP contribution is 2.15. The van der Waals surface area contributed by atoms with E-state index in [-0.39, 0.29) is 29.9 Å². The van der Waals surface area contributed by atoms with Crippen LogP contribution in [-0.2, 0) is 16.1 Å². The number of anilines is 1. The number of guanidine groups is 1. The Bertz CT molecular complexity index is 711. The largest absolute Gasteiger partial charge is 0.379 e. The van der Waals surface area contributed by atoms with Gasteiger partial charge in [0.05, 0.1) is 19.8 Å². The van der Waals surface area contributed by atoms with Crippen LogP contribution in [0.2, 0.25) is 0 Å². The summed E-state index contributed by atoms with van der Waals surface area (Å²) in [6.45, 7) is 9.82. The van der Waals surface area contributed by atoms with Crippen LogP contribution in [0.3, 0.4) is 0 Å². The monoisotopic (exact) mass is 544 g/mol. The van der Waals surface area contributed by atoms with Crippen LogP contribution in [0.4, 0.5) is 5.69 Å². The highest BCUT2D eigenvalue weighted by Gasteiger charge is 2.22. The van der Waals surface area contributed by atoms with Gasteiger partial charge in [0.2, 0.25) is 5.91 Å². The van der Waals surface area contributed by atoms with E-state index in [1.54, 1.807) is 0 Å². The lowest BCUT2D eigenvalue weighted by Gasteiger charge is -2.26. The first-order valence-corrected chi connectivity index (χ1v) is 11.1. The number of halogens is 1. The molecule has 0 aromatic heterocycles. The maximum atomic E-state index is 12.3. The molecule has 1 atom stereocenters. The Morgan fingerprint density at radius 1 is 1.29 bits per heavy atom. The zero-order valence-electron chi connectivity index (χ0n) is 18.5. The minimum absolute atomic E-state index is 0. The van der Waals surface area contributed by atoms with E-state index in [1.165, 1.54) is 19.4 Å². The highest BCUT2D eigenvalue weighted by atomic mass is 127. The average Bonchev–Trinajstić information content (AvgIpc) is 3.23. The van der Waals surface area contributed by atoms with Gasteiger partial charge < -0.3 is 21.1 Å². The van der Waals surface area contributed by atoms with E-state index < -0.39 is 0 Å². The molecule has 1 unspecified atom stereocenters. The Labute approximate surface area is 203 Å². The smallest absolute Gasteiger partial charge is 0.225 e. The normalized spacial score (nSPS) is 20.3. The van der Waals surface area contributed by atoms with Crippen molar-refractivity contribution in [2.45, 2.75) is 38.8 Å². The summed E-state index contributed by atoms with van der Waals surface area (Å²) in [6, 6.07) is 8.33. The van der Waals surface area contributed by atoms with Gasteiger partial charge in [0.1, 0.15) is 0 Å². The number of nitrogens with one attached hydrogen (secondary N) is 2. The van der Waals surface area contributed by atoms with Crippen LogP contribution in [0.5, 0.6) is 0 Å². The number of hydrogen-bond acceptors (Lipinski definition) is 5. The van der Waals surface area contributed by atoms with Gasteiger partial charge in [-0.3, -0.25) is 14.6 Å². The van der Waals surface area contributed by atoms with E-state index in [2.05, 4.69) is 32.3 Å². The number of morpholine rings is 1. The number of likely N-dealkylation sites (N-methyl/N-ethyl adjacent to an activating group) is 1. The Balaban J connectivity index is 0.00000341. The van der Waals surface area contributed by atoms with Crippen molar-refractivity contribution in [3.63, 3.8) is 0 Å². The maximum Gasteiger partial charge on any atom is 0.225 e. The summed E-state index contributed by atoms with van der Waals surface area (Å²) in [7, 11) is 0. The zero-order valence-corrected chi connectivity index (χ0v) is 20.8. The minimum atomic E-state index is 0. The fourth-order valence-electron chi connectivity index (χ4n) is 4.05. The summed E-state index contributed by atoms with van der Waals surface area (Å²) in [4.78, 5) is 21.5. The van der Waals surface area contributed by atoms with Gasteiger partial charge in [0.25, 0.3) is 0 Å². The van der Waals surface area contributed by atoms with Crippen molar-refractivity contribution in [2.75, 3.05) is 57.8 Å². The van der Waals surface area contributed by atoms with Crippen molar-refractivity contribution in [3.8, 4) is 0 Å². The fraction of sp³-hybridized carbons (Fsp3) is 0.636. The molecule has 0 radical (unpaired) electrons. The predicted molar refractivity (Wildman–Crippen MR) is 136 cm³/mol. The van der Waals surface area contributed by atoms with Crippen LogP contribution < -0.4 is 16.4 Å². The van der Waals surface area contributed by atoms with E-state index in [4.69, 9.17) is 10.5 Å². The van der Waals surface area contributed by atoms with Crippen LogP contribution >= 0.6 is 24.0 Å². The Morgan fingerprint density at radius 3 is 2.87 bits per heavy atom. The van der Waals surface area contributed by atoms with Gasteiger partial charge in [-0.05, 0) is 43.6 Å². The van der Waals surface area contributed by atoms with E-state index in [0.29, 0.717) is 25.0 Å². The summed E-state index contributed by atoms with van der Waals surface area (Å²) in [5.74, 6) is 0.498. The third kappa shape index (κ3) is 8.91. The van der Waals surface area contributed by atoms with Crippen molar-refractivity contribution in [2.24, 2.45) is 10.7 Å². The molecule has 4 N–H and O–H groups in total. The molecule has 2 fully saturated rings. The van der Waals surface area contributed by atoms with Crippen LogP contribution in [0.25, 0.3) is 0 Å². The summed E-state index contributed by atoms with van der Waals surface area (Å²) in [5.41, 5.74) is 7.87. The van der Waals surface area contributed by atoms with Crippen molar-refractivity contribution < 1.29 is 9.53 Å². The number of amides is 1. The Kier molecular flexibility index (Phi) is 11.6. The molecule has 8 nitrogen and oxygen atoms in total. The second-order valence-electron chi connectivity index (χ2n) is 7.96. The maximum absolute atomic E-state index is 12.3. The molecule has 0 aliphatic carbocycles. The van der Waals surface area contributed by atoms with E-state index >= 15 is 0 Å². The van der Waals surface area contributed by atoms with E-state index in [0.717, 1.165) is 57.2 Å². The Morgan fingerprint density at radius 2 is 2.10 bits per heavy atom. The van der Waals surface area contributed by atoms with Gasteiger partial charge >= 0.3 is 0 Å². The molecule has 0 spiro atoms. The van der Waals surface area contributed by atoms with Crippen LogP contribution in [0.15, 0.2) is 29.3 Å². The first-order valence-electron chi connectivity index (χ1n) is 11.1. The quantitative estimate of drug-likeness (QED) is 0.250. The number of aliphatic imine (C=N–C) groups is 1. The first-order chi connectivity index (χ1) is 14.6. The van der Waals surface area contributed by atoms with Gasteiger partial charge in [-0.2, -0.15) is 0 Å². The molecule has 0 bridgehead atoms. The van der Waals surface area contributed by atoms with Gasteiger partial charge in [0, 0.05) is 44.3 Å². The lowest BCUT2D eigenvalue weighted by Crippen LogP contribution is -2.42. The molecule has 174 valence electrons. The number of rotatable bonds is 9. The lowest BCUT2D eigenvalue weighted by atomic mass is 10.2. The van der Waals surface area contributed by atoms with E-state index in [9.17, 15) is 4.79 Å². The summed E-state index contributed by atoms with van der Waals surface area (Å²) < 4.78 is 5.34. The molecular formula is C22H37IN6O2. The number of ether oxygens (including phenoxy) is 1. The summed E-state index contributed by atoms with van der Waals surface area (Å²) in [5, 5.41) is 6.24. The van der Waals surface area contributed by atoms with Crippen molar-refractivity contribution >= 4 is 41.5 Å². The molecule has 0 saturated carbocycles. The first kappa shape index (κ1) is 25.8. The molecule has 2 saturated heterocycles. The highest BCUT2D eigenvalue weighted by molar-refractivity contribution is 14.0. The number of carbonyl (C=O) groups excluding carboxylic acids is 1. The number of nitrogens with two attached hydrogens (primary N) is 1.